The first kappa shape index (κ1) is 22.7. The second-order valence-corrected chi connectivity index (χ2v) is 8.59. The molecule has 33 heavy (non-hydrogen) atoms. The monoisotopic (exact) mass is 489 g/mol. The minimum atomic E-state index is -0.830. The van der Waals surface area contributed by atoms with Crippen LogP contribution >= 0.6 is 23.1 Å². The molecule has 0 radical (unpaired) electrons. The Labute approximate surface area is 195 Å². The number of nitrogens with zero attached hydrogens (tertiary/aromatic N) is 2. The van der Waals surface area contributed by atoms with Gasteiger partial charge in [0.1, 0.15) is 27.8 Å². The summed E-state index contributed by atoms with van der Waals surface area (Å²) in [4.78, 5) is 30.1. The molecule has 0 saturated carbocycles. The van der Waals surface area contributed by atoms with E-state index >= 15 is 0 Å². The molecule has 2 aromatic carbocycles. The van der Waals surface area contributed by atoms with Crippen molar-refractivity contribution in [3.05, 3.63) is 69.8 Å². The van der Waals surface area contributed by atoms with E-state index in [-0.39, 0.29) is 22.5 Å². The molecule has 0 bridgehead atoms. The number of fused-ring (bicyclic) bond motifs is 1. The van der Waals surface area contributed by atoms with Crippen molar-refractivity contribution in [3.8, 4) is 17.2 Å². The summed E-state index contributed by atoms with van der Waals surface area (Å²) in [6, 6.07) is 9.40. The zero-order valence-corrected chi connectivity index (χ0v) is 19.1. The van der Waals surface area contributed by atoms with E-state index in [0.29, 0.717) is 33.5 Å². The summed E-state index contributed by atoms with van der Waals surface area (Å²) in [6.45, 7) is 0. The van der Waals surface area contributed by atoms with Gasteiger partial charge in [-0.3, -0.25) is 14.2 Å². The molecule has 4 aromatic rings. The number of hydrogen-bond donors (Lipinski definition) is 1. The second kappa shape index (κ2) is 9.59. The lowest BCUT2D eigenvalue weighted by molar-refractivity contribution is -0.113. The van der Waals surface area contributed by atoms with Gasteiger partial charge < -0.3 is 14.8 Å². The third kappa shape index (κ3) is 4.99. The van der Waals surface area contributed by atoms with E-state index in [1.165, 1.54) is 25.6 Å². The average Bonchev–Trinajstić information content (AvgIpc) is 3.25. The molecule has 0 spiro atoms. The van der Waals surface area contributed by atoms with E-state index in [2.05, 4.69) is 10.3 Å². The van der Waals surface area contributed by atoms with Crippen LogP contribution in [0.25, 0.3) is 15.9 Å². The molecular weight excluding hydrogens is 472 g/mol. The predicted octanol–water partition coefficient (Wildman–Crippen LogP) is 4.47. The normalized spacial score (nSPS) is 10.9. The molecule has 0 fully saturated rings. The highest BCUT2D eigenvalue weighted by Crippen LogP contribution is 2.27. The Morgan fingerprint density at radius 2 is 1.76 bits per heavy atom. The zero-order chi connectivity index (χ0) is 23.5. The first-order valence-corrected chi connectivity index (χ1v) is 11.4. The molecule has 170 valence electrons. The molecule has 11 heteroatoms. The lowest BCUT2D eigenvalue weighted by atomic mass is 10.2. The largest absolute Gasteiger partial charge is 0.497 e. The molecule has 0 atom stereocenters. The number of nitrogens with one attached hydrogen (secondary N) is 1. The van der Waals surface area contributed by atoms with Gasteiger partial charge >= 0.3 is 0 Å². The summed E-state index contributed by atoms with van der Waals surface area (Å²) in [6.07, 6.45) is 0. The van der Waals surface area contributed by atoms with E-state index in [1.807, 2.05) is 0 Å². The van der Waals surface area contributed by atoms with Gasteiger partial charge in [-0.2, -0.15) is 0 Å². The maximum absolute atomic E-state index is 13.8. The van der Waals surface area contributed by atoms with Crippen LogP contribution < -0.4 is 20.3 Å². The van der Waals surface area contributed by atoms with Crippen molar-refractivity contribution in [2.45, 2.75) is 5.16 Å². The standard InChI is InChI=1S/C22H17F2N3O4S2/c1-30-16-8-14(9-17(10-16)31-2)25-19(28)11-33-22-26-18-3-4-32-20(18)21(29)27(22)15-6-12(23)5-13(24)7-15/h3-10H,11H2,1-2H3,(H,25,28). The lowest BCUT2D eigenvalue weighted by Crippen LogP contribution is -2.22. The summed E-state index contributed by atoms with van der Waals surface area (Å²) in [7, 11) is 2.99. The molecule has 7 nitrogen and oxygen atoms in total. The Kier molecular flexibility index (Phi) is 6.61. The molecule has 0 unspecified atom stereocenters. The fourth-order valence-electron chi connectivity index (χ4n) is 3.09. The van der Waals surface area contributed by atoms with Crippen molar-refractivity contribution in [3.63, 3.8) is 0 Å². The van der Waals surface area contributed by atoms with Crippen molar-refractivity contribution in [2.75, 3.05) is 25.3 Å². The number of carbonyl (C=O) groups excluding carboxylic acids is 1. The maximum atomic E-state index is 13.8. The number of thiophene rings is 1. The number of rotatable bonds is 7. The Balaban J connectivity index is 1.64. The molecule has 0 aliphatic carbocycles. The van der Waals surface area contributed by atoms with Gasteiger partial charge in [-0.15, -0.1) is 11.3 Å². The predicted molar refractivity (Wildman–Crippen MR) is 124 cm³/mol. The number of hydrogen-bond acceptors (Lipinski definition) is 7. The highest BCUT2D eigenvalue weighted by atomic mass is 32.2. The van der Waals surface area contributed by atoms with Gasteiger partial charge in [-0.05, 0) is 23.6 Å². The Morgan fingerprint density at radius 1 is 1.09 bits per heavy atom. The van der Waals surface area contributed by atoms with E-state index in [0.717, 1.165) is 28.5 Å². The summed E-state index contributed by atoms with van der Waals surface area (Å²) < 4.78 is 39.5. The van der Waals surface area contributed by atoms with Gasteiger partial charge in [0.05, 0.1) is 31.2 Å². The number of thioether (sulfide) groups is 1. The number of halogens is 2. The van der Waals surface area contributed by atoms with Crippen LogP contribution in [0.15, 0.2) is 57.8 Å². The summed E-state index contributed by atoms with van der Waals surface area (Å²) in [5, 5.41) is 4.57. The molecule has 4 rings (SSSR count). The third-order valence-corrected chi connectivity index (χ3v) is 6.35. The molecule has 0 saturated heterocycles. The molecule has 1 amide bonds. The summed E-state index contributed by atoms with van der Waals surface area (Å²) in [5.41, 5.74) is 0.419. The number of ether oxygens (including phenoxy) is 2. The molecule has 0 aliphatic heterocycles. The third-order valence-electron chi connectivity index (χ3n) is 4.52. The lowest BCUT2D eigenvalue weighted by Gasteiger charge is -2.13. The van der Waals surface area contributed by atoms with Crippen LogP contribution in [0, 0.1) is 11.6 Å². The number of benzene rings is 2. The zero-order valence-electron chi connectivity index (χ0n) is 17.4. The van der Waals surface area contributed by atoms with Crippen LogP contribution in [-0.4, -0.2) is 35.4 Å². The van der Waals surface area contributed by atoms with Crippen LogP contribution in [0.3, 0.4) is 0 Å². The highest BCUT2D eigenvalue weighted by Gasteiger charge is 2.17. The van der Waals surface area contributed by atoms with Crippen LogP contribution in [0.1, 0.15) is 0 Å². The van der Waals surface area contributed by atoms with E-state index < -0.39 is 17.2 Å². The number of anilines is 1. The second-order valence-electron chi connectivity index (χ2n) is 6.74. The molecule has 2 heterocycles. The van der Waals surface area contributed by atoms with Gasteiger partial charge in [0.15, 0.2) is 5.16 Å². The van der Waals surface area contributed by atoms with Gasteiger partial charge in [-0.1, -0.05) is 11.8 Å². The number of amides is 1. The fraction of sp³-hybridized carbons (Fsp3) is 0.136. The fourth-order valence-corrected chi connectivity index (χ4v) is 4.66. The maximum Gasteiger partial charge on any atom is 0.276 e. The number of methoxy groups -OCH3 is 2. The van der Waals surface area contributed by atoms with Crippen LogP contribution in [-0.2, 0) is 4.79 Å². The first-order valence-electron chi connectivity index (χ1n) is 9.50. The van der Waals surface area contributed by atoms with Gasteiger partial charge in [-0.25, -0.2) is 13.8 Å². The van der Waals surface area contributed by atoms with Crippen LogP contribution in [0.2, 0.25) is 0 Å². The van der Waals surface area contributed by atoms with Crippen molar-refractivity contribution in [1.82, 2.24) is 9.55 Å². The Bertz CT molecular complexity index is 1360. The topological polar surface area (TPSA) is 82.5 Å². The summed E-state index contributed by atoms with van der Waals surface area (Å²) in [5.74, 6) is -1.15. The molecular formula is C22H17F2N3O4S2. The van der Waals surface area contributed by atoms with Crippen molar-refractivity contribution in [1.29, 1.82) is 0 Å². The van der Waals surface area contributed by atoms with Crippen LogP contribution in [0.5, 0.6) is 11.5 Å². The highest BCUT2D eigenvalue weighted by molar-refractivity contribution is 7.99. The van der Waals surface area contributed by atoms with E-state index in [1.54, 1.807) is 29.6 Å². The minimum absolute atomic E-state index is 0.0132. The average molecular weight is 490 g/mol. The Hall–Kier alpha value is -3.44. The van der Waals surface area contributed by atoms with Gasteiger partial charge in [0.25, 0.3) is 5.56 Å². The quantitative estimate of drug-likeness (QED) is 0.305. The first-order chi connectivity index (χ1) is 15.9. The van der Waals surface area contributed by atoms with E-state index in [4.69, 9.17) is 9.47 Å². The number of aromatic nitrogens is 2. The minimum Gasteiger partial charge on any atom is -0.497 e. The Morgan fingerprint density at radius 3 is 2.39 bits per heavy atom. The molecule has 2 aromatic heterocycles. The van der Waals surface area contributed by atoms with Crippen molar-refractivity contribution < 1.29 is 23.0 Å². The van der Waals surface area contributed by atoms with Crippen LogP contribution in [0.4, 0.5) is 14.5 Å². The van der Waals surface area contributed by atoms with Crippen molar-refractivity contribution >= 4 is 44.9 Å². The molecule has 0 aliphatic rings. The molecule has 1 N–H and O–H groups in total. The van der Waals surface area contributed by atoms with Gasteiger partial charge in [0, 0.05) is 30.0 Å². The SMILES string of the molecule is COc1cc(NC(=O)CSc2nc3ccsc3c(=O)n2-c2cc(F)cc(F)c2)cc(OC)c1. The number of carbonyl (C=O) groups is 1. The van der Waals surface area contributed by atoms with Crippen molar-refractivity contribution in [2.24, 2.45) is 0 Å². The van der Waals surface area contributed by atoms with Gasteiger partial charge in [0.2, 0.25) is 5.91 Å². The smallest absolute Gasteiger partial charge is 0.276 e. The van der Waals surface area contributed by atoms with E-state index in [9.17, 15) is 18.4 Å². The summed E-state index contributed by atoms with van der Waals surface area (Å²) >= 11 is 2.15.